The Morgan fingerprint density at radius 1 is 0.321 bits per heavy atom. The van der Waals surface area contributed by atoms with Crippen LogP contribution in [0.1, 0.15) is 22.3 Å². The van der Waals surface area contributed by atoms with E-state index in [1.807, 2.05) is 18.2 Å². The third kappa shape index (κ3) is 3.87. The molecule has 2 aliphatic carbocycles. The average Bonchev–Trinajstić information content (AvgIpc) is 3.71. The monoisotopic (exact) mass is 710 g/mol. The Bertz CT molecular complexity index is 3130. The maximum Gasteiger partial charge on any atom is 0.260 e. The SMILES string of the molecule is c1ccc2c(c1)Oc1cccc3c1B2c1ccc(-c2ccccc2-c2ccc4c(c2)C2(c5ccccc5-c5ccccc52)c2cc5ccccc5cc2-4)cc1O3. The number of rotatable bonds is 2. The molecule has 2 aliphatic heterocycles. The molecule has 0 bridgehead atoms. The van der Waals surface area contributed by atoms with Gasteiger partial charge in [-0.3, -0.25) is 0 Å². The van der Waals surface area contributed by atoms with Crippen LogP contribution in [0.5, 0.6) is 23.0 Å². The number of hydrogen-bond acceptors (Lipinski definition) is 2. The highest BCUT2D eigenvalue weighted by molar-refractivity contribution is 6.98. The first kappa shape index (κ1) is 30.3. The normalized spacial score (nSPS) is 14.1. The van der Waals surface area contributed by atoms with Crippen molar-refractivity contribution in [2.75, 3.05) is 0 Å². The second-order valence-electron chi connectivity index (χ2n) is 15.5. The third-order valence-electron chi connectivity index (χ3n) is 12.8. The van der Waals surface area contributed by atoms with Gasteiger partial charge in [0, 0.05) is 5.46 Å². The van der Waals surface area contributed by atoms with Crippen molar-refractivity contribution in [1.82, 2.24) is 0 Å². The molecule has 0 radical (unpaired) electrons. The number of ether oxygens (including phenoxy) is 2. The molecule has 3 heteroatoms. The molecule has 2 heterocycles. The van der Waals surface area contributed by atoms with Gasteiger partial charge in [-0.1, -0.05) is 146 Å². The van der Waals surface area contributed by atoms with E-state index in [4.69, 9.17) is 9.47 Å². The van der Waals surface area contributed by atoms with Gasteiger partial charge in [0.15, 0.2) is 0 Å². The second kappa shape index (κ2) is 11.0. The Kier molecular flexibility index (Phi) is 5.94. The van der Waals surface area contributed by atoms with E-state index in [9.17, 15) is 0 Å². The highest BCUT2D eigenvalue weighted by atomic mass is 16.5. The van der Waals surface area contributed by atoms with Crippen LogP contribution in [0.25, 0.3) is 55.3 Å². The van der Waals surface area contributed by atoms with E-state index in [1.54, 1.807) is 0 Å². The first-order valence-electron chi connectivity index (χ1n) is 19.4. The first-order chi connectivity index (χ1) is 27.8. The molecular weight excluding hydrogens is 679 g/mol. The summed E-state index contributed by atoms with van der Waals surface area (Å²) >= 11 is 0. The molecule has 9 aromatic rings. The van der Waals surface area contributed by atoms with Gasteiger partial charge in [-0.05, 0) is 131 Å². The van der Waals surface area contributed by atoms with Crippen LogP contribution in [-0.4, -0.2) is 6.71 Å². The molecule has 2 nitrogen and oxygen atoms in total. The Hall–Kier alpha value is -7.10. The molecule has 0 saturated heterocycles. The van der Waals surface area contributed by atoms with Crippen molar-refractivity contribution in [2.24, 2.45) is 0 Å². The van der Waals surface area contributed by atoms with Gasteiger partial charge in [-0.25, -0.2) is 0 Å². The summed E-state index contributed by atoms with van der Waals surface area (Å²) in [5, 5.41) is 2.53. The molecule has 1 spiro atoms. The quantitative estimate of drug-likeness (QED) is 0.166. The number of benzene rings is 9. The van der Waals surface area contributed by atoms with Crippen LogP contribution < -0.4 is 25.9 Å². The zero-order valence-corrected chi connectivity index (χ0v) is 30.3. The fourth-order valence-corrected chi connectivity index (χ4v) is 10.5. The first-order valence-corrected chi connectivity index (χ1v) is 19.4. The Labute approximate surface area is 325 Å². The minimum atomic E-state index is -0.432. The van der Waals surface area contributed by atoms with Crippen LogP contribution in [0, 0.1) is 0 Å². The van der Waals surface area contributed by atoms with Gasteiger partial charge < -0.3 is 9.47 Å². The van der Waals surface area contributed by atoms with E-state index in [-0.39, 0.29) is 6.71 Å². The van der Waals surface area contributed by atoms with Crippen LogP contribution in [0.3, 0.4) is 0 Å². The molecule has 0 atom stereocenters. The van der Waals surface area contributed by atoms with Gasteiger partial charge >= 0.3 is 0 Å². The van der Waals surface area contributed by atoms with E-state index in [2.05, 4.69) is 170 Å². The summed E-state index contributed by atoms with van der Waals surface area (Å²) in [6.45, 7) is 0.0440. The van der Waals surface area contributed by atoms with E-state index in [0.717, 1.165) is 39.5 Å². The molecule has 0 saturated carbocycles. The van der Waals surface area contributed by atoms with Crippen LogP contribution in [0.4, 0.5) is 0 Å². The Morgan fingerprint density at radius 2 is 0.839 bits per heavy atom. The lowest BCUT2D eigenvalue weighted by Crippen LogP contribution is -2.57. The number of fused-ring (bicyclic) bond motifs is 15. The molecule has 0 N–H and O–H groups in total. The van der Waals surface area contributed by atoms with Gasteiger partial charge in [-0.2, -0.15) is 0 Å². The van der Waals surface area contributed by atoms with Gasteiger partial charge in [0.1, 0.15) is 23.0 Å². The van der Waals surface area contributed by atoms with Gasteiger partial charge in [0.2, 0.25) is 0 Å². The van der Waals surface area contributed by atoms with Crippen molar-refractivity contribution in [1.29, 1.82) is 0 Å². The molecule has 0 unspecified atom stereocenters. The third-order valence-corrected chi connectivity index (χ3v) is 12.8. The van der Waals surface area contributed by atoms with Crippen molar-refractivity contribution < 1.29 is 9.47 Å². The molecule has 0 fully saturated rings. The highest BCUT2D eigenvalue weighted by Crippen LogP contribution is 2.63. The zero-order chi connectivity index (χ0) is 36.5. The van der Waals surface area contributed by atoms with Crippen LogP contribution in [0.2, 0.25) is 0 Å². The minimum absolute atomic E-state index is 0.0440. The van der Waals surface area contributed by atoms with Crippen LogP contribution in [-0.2, 0) is 5.41 Å². The summed E-state index contributed by atoms with van der Waals surface area (Å²) in [4.78, 5) is 0. The summed E-state index contributed by atoms with van der Waals surface area (Å²) < 4.78 is 13.1. The maximum absolute atomic E-state index is 6.73. The number of hydrogen-bond donors (Lipinski definition) is 0. The molecule has 0 amide bonds. The molecular formula is C53H31BO2. The summed E-state index contributed by atoms with van der Waals surface area (Å²) in [5.74, 6) is 3.51. The smallest absolute Gasteiger partial charge is 0.260 e. The maximum atomic E-state index is 6.73. The van der Waals surface area contributed by atoms with E-state index >= 15 is 0 Å². The second-order valence-corrected chi connectivity index (χ2v) is 15.5. The number of para-hydroxylation sites is 1. The molecule has 0 aromatic heterocycles. The summed E-state index contributed by atoms with van der Waals surface area (Å²) in [6.07, 6.45) is 0. The van der Waals surface area contributed by atoms with Crippen molar-refractivity contribution in [3.05, 3.63) is 210 Å². The van der Waals surface area contributed by atoms with Crippen LogP contribution >= 0.6 is 0 Å². The van der Waals surface area contributed by atoms with E-state index < -0.39 is 5.41 Å². The lowest BCUT2D eigenvalue weighted by atomic mass is 9.35. The van der Waals surface area contributed by atoms with Crippen LogP contribution in [0.15, 0.2) is 188 Å². The van der Waals surface area contributed by atoms with Crippen molar-refractivity contribution in [2.45, 2.75) is 5.41 Å². The largest absolute Gasteiger partial charge is 0.458 e. The van der Waals surface area contributed by atoms with Gasteiger partial charge in [-0.15, -0.1) is 0 Å². The molecule has 258 valence electrons. The molecule has 13 rings (SSSR count). The van der Waals surface area contributed by atoms with Crippen molar-refractivity contribution >= 4 is 33.9 Å². The lowest BCUT2D eigenvalue weighted by molar-refractivity contribution is 0.464. The van der Waals surface area contributed by atoms with E-state index in [1.165, 1.54) is 77.4 Å². The average molecular weight is 711 g/mol. The lowest BCUT2D eigenvalue weighted by Gasteiger charge is -2.33. The Balaban J connectivity index is 1.01. The summed E-state index contributed by atoms with van der Waals surface area (Å²) in [6, 6.07) is 69.1. The molecule has 4 aliphatic rings. The predicted octanol–water partition coefficient (Wildman–Crippen LogP) is 11.2. The van der Waals surface area contributed by atoms with Crippen molar-refractivity contribution in [3.8, 4) is 67.5 Å². The fraction of sp³-hybridized carbons (Fsp3) is 0.0189. The van der Waals surface area contributed by atoms with Gasteiger partial charge in [0.05, 0.1) is 5.41 Å². The predicted molar refractivity (Wildman–Crippen MR) is 229 cm³/mol. The van der Waals surface area contributed by atoms with Crippen molar-refractivity contribution in [3.63, 3.8) is 0 Å². The zero-order valence-electron chi connectivity index (χ0n) is 30.3. The highest BCUT2D eigenvalue weighted by Gasteiger charge is 2.52. The Morgan fingerprint density at radius 3 is 1.59 bits per heavy atom. The summed E-state index contributed by atoms with van der Waals surface area (Å²) in [5.41, 5.74) is 18.3. The molecule has 9 aromatic carbocycles. The minimum Gasteiger partial charge on any atom is -0.458 e. The van der Waals surface area contributed by atoms with E-state index in [0.29, 0.717) is 0 Å². The van der Waals surface area contributed by atoms with Gasteiger partial charge in [0.25, 0.3) is 6.71 Å². The topological polar surface area (TPSA) is 18.5 Å². The molecule has 56 heavy (non-hydrogen) atoms. The summed E-state index contributed by atoms with van der Waals surface area (Å²) in [7, 11) is 0. The fourth-order valence-electron chi connectivity index (χ4n) is 10.5. The standard InChI is InChI=1S/C53H31BO2/c1-2-13-33-29-45-41(28-32(33)12-1)40-26-24-34(30-44(40)53(45)42-18-7-5-16-38(42)39-17-6-8-19-43(39)53)36-14-3-4-15-37(36)35-25-27-47-51(31-35)56-50-23-11-22-49-52(50)54(47)46-20-9-10-21-48(46)55-49/h1-31H.